The van der Waals surface area contributed by atoms with Crippen molar-refractivity contribution in [2.75, 3.05) is 19.6 Å². The van der Waals surface area contributed by atoms with Crippen molar-refractivity contribution in [2.45, 2.75) is 38.1 Å². The Bertz CT molecular complexity index is 848. The minimum absolute atomic E-state index is 0.00880. The maximum absolute atomic E-state index is 12.8. The van der Waals surface area contributed by atoms with Crippen molar-refractivity contribution in [1.82, 2.24) is 9.80 Å². The van der Waals surface area contributed by atoms with Crippen LogP contribution in [0.4, 0.5) is 0 Å². The molecule has 4 rings (SSSR count). The highest BCUT2D eigenvalue weighted by Gasteiger charge is 2.35. The zero-order valence-corrected chi connectivity index (χ0v) is 15.9. The molecule has 2 amide bonds. The third-order valence-corrected chi connectivity index (χ3v) is 6.01. The monoisotopic (exact) mass is 362 g/mol. The van der Waals surface area contributed by atoms with E-state index in [0.29, 0.717) is 19.5 Å². The van der Waals surface area contributed by atoms with Gasteiger partial charge >= 0.3 is 0 Å². The number of rotatable bonds is 4. The van der Waals surface area contributed by atoms with Gasteiger partial charge in [0.2, 0.25) is 5.91 Å². The number of benzene rings is 2. The van der Waals surface area contributed by atoms with E-state index in [2.05, 4.69) is 31.2 Å². The molecule has 2 aliphatic heterocycles. The highest BCUT2D eigenvalue weighted by molar-refractivity contribution is 5.98. The molecule has 2 heterocycles. The Morgan fingerprint density at radius 1 is 1.07 bits per heavy atom. The molecule has 1 fully saturated rings. The van der Waals surface area contributed by atoms with Crippen molar-refractivity contribution in [3.8, 4) is 0 Å². The molecule has 0 unspecified atom stereocenters. The summed E-state index contributed by atoms with van der Waals surface area (Å²) in [5.41, 5.74) is 3.14. The summed E-state index contributed by atoms with van der Waals surface area (Å²) in [4.78, 5) is 29.1. The first-order chi connectivity index (χ1) is 13.1. The van der Waals surface area contributed by atoms with Gasteiger partial charge in [-0.3, -0.25) is 9.59 Å². The zero-order valence-electron chi connectivity index (χ0n) is 15.9. The molecule has 0 radical (unpaired) electrons. The predicted molar refractivity (Wildman–Crippen MR) is 105 cm³/mol. The Hall–Kier alpha value is -2.62. The van der Waals surface area contributed by atoms with Crippen LogP contribution < -0.4 is 0 Å². The van der Waals surface area contributed by atoms with Gasteiger partial charge in [-0.25, -0.2) is 0 Å². The second-order valence-corrected chi connectivity index (χ2v) is 7.98. The summed E-state index contributed by atoms with van der Waals surface area (Å²) in [6.07, 6.45) is 2.51. The van der Waals surface area contributed by atoms with Crippen LogP contribution in [0.3, 0.4) is 0 Å². The Balaban J connectivity index is 1.37. The number of likely N-dealkylation sites (tertiary alicyclic amines) is 1. The van der Waals surface area contributed by atoms with Crippen LogP contribution in [-0.4, -0.2) is 41.2 Å². The normalized spacial score (nSPS) is 22.0. The summed E-state index contributed by atoms with van der Waals surface area (Å²) in [7, 11) is 0. The van der Waals surface area contributed by atoms with E-state index in [9.17, 15) is 9.59 Å². The molecule has 2 aromatic rings. The molecule has 1 saturated heterocycles. The molecular formula is C23H26N2O2. The molecule has 1 atom stereocenters. The first-order valence-electron chi connectivity index (χ1n) is 9.77. The number of hydrogen-bond donors (Lipinski definition) is 0. The van der Waals surface area contributed by atoms with Crippen LogP contribution in [0.1, 0.15) is 47.7 Å². The lowest BCUT2D eigenvalue weighted by atomic mass is 9.76. The average molecular weight is 362 g/mol. The Morgan fingerprint density at radius 3 is 2.59 bits per heavy atom. The van der Waals surface area contributed by atoms with Gasteiger partial charge in [-0.15, -0.1) is 0 Å². The largest absolute Gasteiger partial charge is 0.342 e. The molecule has 2 aliphatic rings. The van der Waals surface area contributed by atoms with Crippen LogP contribution in [0.2, 0.25) is 0 Å². The summed E-state index contributed by atoms with van der Waals surface area (Å²) in [5.74, 6) is 0.201. The smallest absolute Gasteiger partial charge is 0.254 e. The SMILES string of the molecule is C[C@@]1(c2ccccc2)CCCN(C(=O)CCN2Cc3ccccc3C2=O)C1. The van der Waals surface area contributed by atoms with Gasteiger partial charge < -0.3 is 9.80 Å². The van der Waals surface area contributed by atoms with Crippen LogP contribution in [0.5, 0.6) is 0 Å². The van der Waals surface area contributed by atoms with E-state index in [1.165, 1.54) is 5.56 Å². The molecule has 0 aliphatic carbocycles. The van der Waals surface area contributed by atoms with Crippen molar-refractivity contribution in [2.24, 2.45) is 0 Å². The van der Waals surface area contributed by atoms with Crippen LogP contribution >= 0.6 is 0 Å². The van der Waals surface area contributed by atoms with E-state index in [1.54, 1.807) is 4.90 Å². The second-order valence-electron chi connectivity index (χ2n) is 7.98. The van der Waals surface area contributed by atoms with Crippen molar-refractivity contribution in [3.63, 3.8) is 0 Å². The van der Waals surface area contributed by atoms with Gasteiger partial charge in [0.05, 0.1) is 0 Å². The number of hydrogen-bond acceptors (Lipinski definition) is 2. The molecular weight excluding hydrogens is 336 g/mol. The van der Waals surface area contributed by atoms with E-state index in [0.717, 1.165) is 37.1 Å². The van der Waals surface area contributed by atoms with Crippen molar-refractivity contribution < 1.29 is 9.59 Å². The first kappa shape index (κ1) is 17.8. The molecule has 4 heteroatoms. The zero-order chi connectivity index (χ0) is 18.9. The Morgan fingerprint density at radius 2 is 1.81 bits per heavy atom. The van der Waals surface area contributed by atoms with E-state index < -0.39 is 0 Å². The standard InChI is InChI=1S/C23H26N2O2/c1-23(19-9-3-2-4-10-19)13-7-14-25(17-23)21(26)12-15-24-16-18-8-5-6-11-20(18)22(24)27/h2-6,8-11H,7,12-17H2,1H3/t23-/m1/s1. The summed E-state index contributed by atoms with van der Waals surface area (Å²) in [6, 6.07) is 18.2. The maximum Gasteiger partial charge on any atom is 0.254 e. The van der Waals surface area contributed by atoms with E-state index in [-0.39, 0.29) is 17.2 Å². The molecule has 0 N–H and O–H groups in total. The Labute approximate surface area is 160 Å². The van der Waals surface area contributed by atoms with Gasteiger partial charge in [-0.05, 0) is 30.0 Å². The minimum Gasteiger partial charge on any atom is -0.342 e. The molecule has 4 nitrogen and oxygen atoms in total. The highest BCUT2D eigenvalue weighted by atomic mass is 16.2. The number of piperidine rings is 1. The molecule has 0 bridgehead atoms. The molecule has 0 aromatic heterocycles. The average Bonchev–Trinajstić information content (AvgIpc) is 3.03. The van der Waals surface area contributed by atoms with Crippen LogP contribution in [0.15, 0.2) is 54.6 Å². The third kappa shape index (κ3) is 3.48. The van der Waals surface area contributed by atoms with Crippen molar-refractivity contribution in [3.05, 3.63) is 71.3 Å². The second kappa shape index (κ2) is 7.18. The number of carbonyl (C=O) groups excluding carboxylic acids is 2. The number of fused-ring (bicyclic) bond motifs is 1. The summed E-state index contributed by atoms with van der Waals surface area (Å²) in [5, 5.41) is 0. The lowest BCUT2D eigenvalue weighted by Gasteiger charge is -2.41. The van der Waals surface area contributed by atoms with Crippen molar-refractivity contribution >= 4 is 11.8 Å². The lowest BCUT2D eigenvalue weighted by molar-refractivity contribution is -0.133. The maximum atomic E-state index is 12.8. The number of nitrogens with zero attached hydrogens (tertiary/aromatic N) is 2. The fourth-order valence-corrected chi connectivity index (χ4v) is 4.41. The van der Waals surface area contributed by atoms with Crippen LogP contribution in [0.25, 0.3) is 0 Å². The van der Waals surface area contributed by atoms with Crippen LogP contribution in [0, 0.1) is 0 Å². The first-order valence-corrected chi connectivity index (χ1v) is 9.77. The van der Waals surface area contributed by atoms with E-state index in [1.807, 2.05) is 35.2 Å². The molecule has 140 valence electrons. The fourth-order valence-electron chi connectivity index (χ4n) is 4.41. The quantitative estimate of drug-likeness (QED) is 0.834. The van der Waals surface area contributed by atoms with Gasteiger partial charge in [-0.1, -0.05) is 55.5 Å². The Kier molecular flexibility index (Phi) is 4.73. The van der Waals surface area contributed by atoms with Gasteiger partial charge in [0.1, 0.15) is 0 Å². The van der Waals surface area contributed by atoms with Crippen LogP contribution in [-0.2, 0) is 16.8 Å². The minimum atomic E-state index is 0.00880. The highest BCUT2D eigenvalue weighted by Crippen LogP contribution is 2.33. The topological polar surface area (TPSA) is 40.6 Å². The lowest BCUT2D eigenvalue weighted by Crippen LogP contribution is -2.47. The summed E-state index contributed by atoms with van der Waals surface area (Å²) < 4.78 is 0. The number of amides is 2. The van der Waals surface area contributed by atoms with Gasteiger partial charge in [0.25, 0.3) is 5.91 Å². The fraction of sp³-hybridized carbons (Fsp3) is 0.391. The van der Waals surface area contributed by atoms with E-state index >= 15 is 0 Å². The molecule has 0 spiro atoms. The molecule has 0 saturated carbocycles. The van der Waals surface area contributed by atoms with Gasteiger partial charge in [0.15, 0.2) is 0 Å². The third-order valence-electron chi connectivity index (χ3n) is 6.01. The van der Waals surface area contributed by atoms with Gasteiger partial charge in [0, 0.05) is 43.6 Å². The summed E-state index contributed by atoms with van der Waals surface area (Å²) in [6.45, 7) is 4.93. The molecule has 2 aromatic carbocycles. The molecule has 27 heavy (non-hydrogen) atoms. The van der Waals surface area contributed by atoms with Gasteiger partial charge in [-0.2, -0.15) is 0 Å². The predicted octanol–water partition coefficient (Wildman–Crippen LogP) is 3.61. The van der Waals surface area contributed by atoms with E-state index in [4.69, 9.17) is 0 Å². The summed E-state index contributed by atoms with van der Waals surface area (Å²) >= 11 is 0. The number of carbonyl (C=O) groups is 2. The van der Waals surface area contributed by atoms with Crippen molar-refractivity contribution in [1.29, 1.82) is 0 Å².